The molecule has 2 heteroatoms. The van der Waals surface area contributed by atoms with Gasteiger partial charge in [-0.15, -0.1) is 0 Å². The van der Waals surface area contributed by atoms with Gasteiger partial charge in [-0.05, 0) is 137 Å². The van der Waals surface area contributed by atoms with Gasteiger partial charge < -0.3 is 9.47 Å². The second-order valence-electron chi connectivity index (χ2n) is 15.2. The Morgan fingerprint density at radius 1 is 0.586 bits per heavy atom. The molecule has 7 aromatic carbocycles. The summed E-state index contributed by atoms with van der Waals surface area (Å²) in [5.41, 5.74) is 20.7. The van der Waals surface area contributed by atoms with E-state index in [1.54, 1.807) is 0 Å². The molecule has 1 spiro atoms. The van der Waals surface area contributed by atoms with Crippen LogP contribution in [0.15, 0.2) is 206 Å². The zero-order valence-corrected chi connectivity index (χ0v) is 33.2. The molecule has 0 N–H and O–H groups in total. The number of anilines is 2. The molecule has 58 heavy (non-hydrogen) atoms. The summed E-state index contributed by atoms with van der Waals surface area (Å²) < 4.78 is 2.34. The second-order valence-corrected chi connectivity index (χ2v) is 15.2. The summed E-state index contributed by atoms with van der Waals surface area (Å²) >= 11 is 0. The molecule has 0 radical (unpaired) electrons. The molecule has 1 aromatic heterocycles. The maximum absolute atomic E-state index is 3.91. The normalized spacial score (nSPS) is 13.6. The first kappa shape index (κ1) is 35.3. The zero-order valence-electron chi connectivity index (χ0n) is 33.2. The molecule has 0 amide bonds. The third-order valence-corrected chi connectivity index (χ3v) is 12.3. The van der Waals surface area contributed by atoms with Crippen LogP contribution >= 0.6 is 0 Å². The van der Waals surface area contributed by atoms with E-state index in [0.29, 0.717) is 0 Å². The molecule has 10 rings (SSSR count). The van der Waals surface area contributed by atoms with Gasteiger partial charge in [-0.1, -0.05) is 152 Å². The van der Waals surface area contributed by atoms with Crippen molar-refractivity contribution in [2.75, 3.05) is 4.90 Å². The summed E-state index contributed by atoms with van der Waals surface area (Å²) in [6.45, 7) is 10.3. The van der Waals surface area contributed by atoms with Crippen LogP contribution in [0.25, 0.3) is 56.0 Å². The summed E-state index contributed by atoms with van der Waals surface area (Å²) in [6, 6.07) is 60.7. The molecule has 1 heterocycles. The van der Waals surface area contributed by atoms with Crippen molar-refractivity contribution in [3.8, 4) is 39.1 Å². The molecule has 0 atom stereocenters. The van der Waals surface area contributed by atoms with Crippen LogP contribution in [0.1, 0.15) is 47.4 Å². The Bertz CT molecular complexity index is 2920. The maximum Gasteiger partial charge on any atom is 0.0726 e. The summed E-state index contributed by atoms with van der Waals surface area (Å²) in [5, 5.41) is 1.26. The summed E-state index contributed by atoms with van der Waals surface area (Å²) in [6.07, 6.45) is 12.5. The number of para-hydroxylation sites is 1. The molecule has 0 saturated carbocycles. The number of aromatic nitrogens is 1. The lowest BCUT2D eigenvalue weighted by atomic mass is 9.70. The number of allylic oxidation sites excluding steroid dienone is 5. The Morgan fingerprint density at radius 3 is 1.71 bits per heavy atom. The average Bonchev–Trinajstić information content (AvgIpc) is 3.86. The van der Waals surface area contributed by atoms with Gasteiger partial charge in [-0.3, -0.25) is 0 Å². The van der Waals surface area contributed by atoms with Crippen molar-refractivity contribution in [1.29, 1.82) is 0 Å². The third-order valence-electron chi connectivity index (χ3n) is 12.3. The lowest BCUT2D eigenvalue weighted by Gasteiger charge is -2.32. The van der Waals surface area contributed by atoms with Crippen molar-refractivity contribution in [1.82, 2.24) is 4.57 Å². The van der Waals surface area contributed by atoms with Crippen LogP contribution in [-0.2, 0) is 5.41 Å². The second kappa shape index (κ2) is 14.1. The average molecular weight is 745 g/mol. The number of nitrogens with zero attached hydrogens (tertiary/aromatic N) is 2. The molecule has 2 nitrogen and oxygen atoms in total. The molecular weight excluding hydrogens is 701 g/mol. The van der Waals surface area contributed by atoms with Crippen molar-refractivity contribution in [3.63, 3.8) is 0 Å². The smallest absolute Gasteiger partial charge is 0.0726 e. The summed E-state index contributed by atoms with van der Waals surface area (Å²) in [5.74, 6) is 0. The van der Waals surface area contributed by atoms with E-state index in [1.807, 2.05) is 12.2 Å². The van der Waals surface area contributed by atoms with Crippen molar-refractivity contribution in [2.24, 2.45) is 0 Å². The van der Waals surface area contributed by atoms with E-state index in [-0.39, 0.29) is 0 Å². The van der Waals surface area contributed by atoms with Crippen LogP contribution in [0.5, 0.6) is 0 Å². The van der Waals surface area contributed by atoms with E-state index in [2.05, 4.69) is 225 Å². The van der Waals surface area contributed by atoms with Crippen molar-refractivity contribution in [2.45, 2.75) is 26.2 Å². The number of benzene rings is 7. The number of hydrogen-bond donors (Lipinski definition) is 0. The molecule has 0 aliphatic heterocycles. The van der Waals surface area contributed by atoms with Crippen LogP contribution in [0.4, 0.5) is 11.4 Å². The van der Waals surface area contributed by atoms with Gasteiger partial charge in [-0.2, -0.15) is 0 Å². The number of aryl methyl sites for hydroxylation is 1. The Morgan fingerprint density at radius 2 is 1.12 bits per heavy atom. The highest BCUT2D eigenvalue weighted by Crippen LogP contribution is 2.63. The Hall–Kier alpha value is -7.16. The third kappa shape index (κ3) is 5.18. The minimum absolute atomic E-state index is 0.401. The van der Waals surface area contributed by atoms with Gasteiger partial charge in [0.1, 0.15) is 0 Å². The van der Waals surface area contributed by atoms with E-state index in [0.717, 1.165) is 22.8 Å². The molecule has 2 aliphatic rings. The maximum atomic E-state index is 3.91. The van der Waals surface area contributed by atoms with Gasteiger partial charge in [0.15, 0.2) is 0 Å². The largest absolute Gasteiger partial charge is 0.311 e. The van der Waals surface area contributed by atoms with Crippen LogP contribution in [0.3, 0.4) is 0 Å². The van der Waals surface area contributed by atoms with E-state index in [1.165, 1.54) is 77.8 Å². The summed E-state index contributed by atoms with van der Waals surface area (Å²) in [4.78, 5) is 2.40. The topological polar surface area (TPSA) is 8.17 Å². The molecule has 2 aliphatic carbocycles. The molecule has 0 saturated heterocycles. The molecule has 0 fully saturated rings. The molecule has 0 bridgehead atoms. The highest BCUT2D eigenvalue weighted by molar-refractivity contribution is 5.96. The first-order valence-electron chi connectivity index (χ1n) is 20.2. The summed E-state index contributed by atoms with van der Waals surface area (Å²) in [7, 11) is 0. The van der Waals surface area contributed by atoms with Crippen LogP contribution in [-0.4, -0.2) is 4.57 Å². The fourth-order valence-corrected chi connectivity index (χ4v) is 9.80. The quantitative estimate of drug-likeness (QED) is 0.141. The number of hydrogen-bond acceptors (Lipinski definition) is 1. The minimum Gasteiger partial charge on any atom is -0.311 e. The SMILES string of the molecule is C=C/C=C\c1c(C)c2ccccc2n1-c1ccc(-c2ccc(N(C(/C=C\C)=C/C)c3ccc4c(c3)C3(c5ccccc5-c5ccccc53)c3ccccc3-4)cc2)cc1. The van der Waals surface area contributed by atoms with E-state index in [4.69, 9.17) is 0 Å². The fraction of sp³-hybridized carbons (Fsp3) is 0.0714. The molecular formula is C56H44N2. The van der Waals surface area contributed by atoms with E-state index >= 15 is 0 Å². The highest BCUT2D eigenvalue weighted by Gasteiger charge is 2.51. The minimum atomic E-state index is -0.401. The Kier molecular flexibility index (Phi) is 8.57. The van der Waals surface area contributed by atoms with Gasteiger partial charge in [-0.25, -0.2) is 0 Å². The Labute approximate surface area is 341 Å². The lowest BCUT2D eigenvalue weighted by molar-refractivity contribution is 0.793. The Balaban J connectivity index is 1.07. The molecule has 278 valence electrons. The monoisotopic (exact) mass is 744 g/mol. The van der Waals surface area contributed by atoms with Gasteiger partial charge in [0.05, 0.1) is 10.9 Å². The first-order valence-corrected chi connectivity index (χ1v) is 20.2. The van der Waals surface area contributed by atoms with E-state index < -0.39 is 5.41 Å². The predicted octanol–water partition coefficient (Wildman–Crippen LogP) is 14.8. The van der Waals surface area contributed by atoms with Crippen molar-refractivity contribution in [3.05, 3.63) is 240 Å². The molecule has 0 unspecified atom stereocenters. The predicted molar refractivity (Wildman–Crippen MR) is 246 cm³/mol. The van der Waals surface area contributed by atoms with E-state index in [9.17, 15) is 0 Å². The molecule has 8 aromatic rings. The first-order chi connectivity index (χ1) is 28.6. The fourth-order valence-electron chi connectivity index (χ4n) is 9.80. The highest BCUT2D eigenvalue weighted by atomic mass is 15.1. The van der Waals surface area contributed by atoms with Crippen LogP contribution < -0.4 is 4.90 Å². The lowest BCUT2D eigenvalue weighted by Crippen LogP contribution is -2.26. The van der Waals surface area contributed by atoms with Crippen LogP contribution in [0.2, 0.25) is 0 Å². The number of fused-ring (bicyclic) bond motifs is 11. The zero-order chi connectivity index (χ0) is 39.4. The number of rotatable bonds is 8. The van der Waals surface area contributed by atoms with Gasteiger partial charge in [0.2, 0.25) is 0 Å². The van der Waals surface area contributed by atoms with Gasteiger partial charge in [0.25, 0.3) is 0 Å². The van der Waals surface area contributed by atoms with Crippen LogP contribution in [0, 0.1) is 6.92 Å². The standard InChI is InChI=1S/C56H44N2/c1-5-8-25-54-38(4)45-18-12-16-26-55(45)58(54)43-33-29-40(30-34-43)39-27-31-42(32-28-39)57(41(7-3)17-6-2)44-35-36-49-48-21-11-15-24-52(48)56(53(49)37-44)50-22-13-9-19-46(50)47-20-10-14-23-51(47)56/h5-37H,1H2,2-4H3/b17-6-,25-8-,41-7+. The van der Waals surface area contributed by atoms with Gasteiger partial charge in [0, 0.05) is 33.8 Å². The van der Waals surface area contributed by atoms with Crippen molar-refractivity contribution >= 4 is 28.4 Å². The van der Waals surface area contributed by atoms with Gasteiger partial charge >= 0.3 is 0 Å². The van der Waals surface area contributed by atoms with Crippen molar-refractivity contribution < 1.29 is 0 Å².